The summed E-state index contributed by atoms with van der Waals surface area (Å²) in [5, 5.41) is 19.6. The van der Waals surface area contributed by atoms with Crippen molar-refractivity contribution in [1.29, 1.82) is 0 Å². The van der Waals surface area contributed by atoms with Crippen LogP contribution in [-0.4, -0.2) is 46.6 Å². The SMILES string of the molecule is CC1CCC(C(C)C)C(O)C1.CCC(C)(C)C(=O)O[C@H]1C[C@@H](C)C=C2C=C[C@H](C)[C@H](CC[C@@H]3C[C@@H](O)CC(=O)O3)[C@H]21. The number of hydrogen-bond acceptors (Lipinski definition) is 6. The molecule has 4 rings (SSSR count). The molecule has 0 aromatic carbocycles. The van der Waals surface area contributed by atoms with Crippen LogP contribution in [0.15, 0.2) is 23.8 Å². The molecule has 0 bridgehead atoms. The van der Waals surface area contributed by atoms with E-state index in [0.29, 0.717) is 36.0 Å². The van der Waals surface area contributed by atoms with E-state index < -0.39 is 11.5 Å². The van der Waals surface area contributed by atoms with E-state index >= 15 is 0 Å². The van der Waals surface area contributed by atoms with E-state index in [2.05, 4.69) is 52.8 Å². The molecule has 1 saturated carbocycles. The zero-order valence-electron chi connectivity index (χ0n) is 27.0. The van der Waals surface area contributed by atoms with Gasteiger partial charge in [-0.1, -0.05) is 66.2 Å². The van der Waals surface area contributed by atoms with Crippen molar-refractivity contribution in [1.82, 2.24) is 0 Å². The van der Waals surface area contributed by atoms with Crippen LogP contribution in [0, 0.1) is 46.8 Å². The van der Waals surface area contributed by atoms with Crippen molar-refractivity contribution < 1.29 is 29.3 Å². The summed E-state index contributed by atoms with van der Waals surface area (Å²) in [5.41, 5.74) is 0.785. The summed E-state index contributed by atoms with van der Waals surface area (Å²) in [7, 11) is 0. The van der Waals surface area contributed by atoms with Gasteiger partial charge in [-0.05, 0) is 93.5 Å². The van der Waals surface area contributed by atoms with Crippen LogP contribution in [0.25, 0.3) is 0 Å². The van der Waals surface area contributed by atoms with Crippen molar-refractivity contribution in [3.05, 3.63) is 23.8 Å². The number of carbonyl (C=O) groups excluding carboxylic acids is 2. The van der Waals surface area contributed by atoms with Gasteiger partial charge < -0.3 is 19.7 Å². The molecule has 0 aromatic rings. The molecule has 6 nitrogen and oxygen atoms in total. The first-order valence-electron chi connectivity index (χ1n) is 16.4. The summed E-state index contributed by atoms with van der Waals surface area (Å²) < 4.78 is 11.6. The Bertz CT molecular complexity index is 935. The molecule has 41 heavy (non-hydrogen) atoms. The number of esters is 2. The highest BCUT2D eigenvalue weighted by molar-refractivity contribution is 5.76. The lowest BCUT2D eigenvalue weighted by Gasteiger charge is -2.44. The molecule has 3 aliphatic carbocycles. The minimum absolute atomic E-state index is 0.0289. The molecule has 0 aromatic heterocycles. The first kappa shape index (κ1) is 33.8. The fourth-order valence-corrected chi connectivity index (χ4v) is 7.23. The Morgan fingerprint density at radius 1 is 1.10 bits per heavy atom. The molecule has 0 amide bonds. The van der Waals surface area contributed by atoms with Crippen molar-refractivity contribution in [2.24, 2.45) is 46.8 Å². The standard InChI is InChI=1S/C25H38O5.C10H20O/c1-6-25(4,5)24(28)30-21-12-15(2)11-17-8-7-16(3)20(23(17)21)10-9-19-13-18(26)14-22(27)29-19;1-7(2)9-5-4-8(3)6-10(9)11/h7-8,11,15-16,18-21,23,26H,6,9-10,12-14H2,1-5H3;7-11H,4-6H2,1-3H3/t15-,16-,18+,19+,20-,21-,23-;/m0./s1. The second kappa shape index (κ2) is 14.7. The van der Waals surface area contributed by atoms with E-state index in [-0.39, 0.29) is 42.6 Å². The summed E-state index contributed by atoms with van der Waals surface area (Å²) in [6, 6.07) is 0. The van der Waals surface area contributed by atoms with Gasteiger partial charge in [-0.2, -0.15) is 0 Å². The summed E-state index contributed by atoms with van der Waals surface area (Å²) in [6.07, 6.45) is 13.1. The van der Waals surface area contributed by atoms with Crippen LogP contribution >= 0.6 is 0 Å². The number of allylic oxidation sites excluding steroid dienone is 3. The zero-order valence-corrected chi connectivity index (χ0v) is 27.0. The Kier molecular flexibility index (Phi) is 12.1. The molecule has 3 unspecified atom stereocenters. The lowest BCUT2D eigenvalue weighted by Crippen LogP contribution is -2.43. The summed E-state index contributed by atoms with van der Waals surface area (Å²) in [4.78, 5) is 24.6. The Labute approximate surface area is 249 Å². The maximum absolute atomic E-state index is 12.9. The number of aliphatic hydroxyl groups excluding tert-OH is 2. The number of cyclic esters (lactones) is 1. The number of carbonyl (C=O) groups is 2. The van der Waals surface area contributed by atoms with Crippen molar-refractivity contribution in [2.45, 2.75) is 138 Å². The van der Waals surface area contributed by atoms with Crippen LogP contribution in [0.3, 0.4) is 0 Å². The van der Waals surface area contributed by atoms with Crippen LogP contribution in [0.5, 0.6) is 0 Å². The van der Waals surface area contributed by atoms with Gasteiger partial charge in [-0.25, -0.2) is 0 Å². The zero-order chi connectivity index (χ0) is 30.5. The average Bonchev–Trinajstić information content (AvgIpc) is 2.87. The second-order valence-electron chi connectivity index (χ2n) is 14.6. The highest BCUT2D eigenvalue weighted by atomic mass is 16.6. The Hall–Kier alpha value is -1.66. The fourth-order valence-electron chi connectivity index (χ4n) is 7.23. The van der Waals surface area contributed by atoms with Gasteiger partial charge in [0.15, 0.2) is 0 Å². The minimum atomic E-state index is -0.601. The molecule has 10 atom stereocenters. The molecule has 0 spiro atoms. The summed E-state index contributed by atoms with van der Waals surface area (Å²) >= 11 is 0. The predicted octanol–water partition coefficient (Wildman–Crippen LogP) is 7.03. The first-order chi connectivity index (χ1) is 19.2. The van der Waals surface area contributed by atoms with Crippen molar-refractivity contribution in [3.63, 3.8) is 0 Å². The molecule has 6 heteroatoms. The number of aliphatic hydroxyl groups is 2. The van der Waals surface area contributed by atoms with Gasteiger partial charge in [-0.3, -0.25) is 9.59 Å². The molecule has 234 valence electrons. The second-order valence-corrected chi connectivity index (χ2v) is 14.6. The fraction of sp³-hybridized carbons (Fsp3) is 0.829. The van der Waals surface area contributed by atoms with Gasteiger partial charge in [0.2, 0.25) is 0 Å². The third kappa shape index (κ3) is 9.16. The van der Waals surface area contributed by atoms with Crippen LogP contribution in [-0.2, 0) is 19.1 Å². The summed E-state index contributed by atoms with van der Waals surface area (Å²) in [6.45, 7) is 17.0. The highest BCUT2D eigenvalue weighted by Crippen LogP contribution is 2.45. The van der Waals surface area contributed by atoms with E-state index in [1.54, 1.807) is 0 Å². The van der Waals surface area contributed by atoms with Gasteiger partial charge >= 0.3 is 11.9 Å². The molecule has 4 aliphatic rings. The minimum Gasteiger partial charge on any atom is -0.462 e. The normalized spacial score (nSPS) is 37.3. The maximum atomic E-state index is 12.9. The van der Waals surface area contributed by atoms with Gasteiger partial charge in [-0.15, -0.1) is 0 Å². The number of rotatable bonds is 7. The molecule has 0 radical (unpaired) electrons. The van der Waals surface area contributed by atoms with Crippen LogP contribution < -0.4 is 0 Å². The van der Waals surface area contributed by atoms with Crippen LogP contribution in [0.1, 0.15) is 113 Å². The smallest absolute Gasteiger partial charge is 0.311 e. The Morgan fingerprint density at radius 2 is 1.80 bits per heavy atom. The first-order valence-corrected chi connectivity index (χ1v) is 16.4. The number of hydrogen-bond donors (Lipinski definition) is 2. The molecule has 1 saturated heterocycles. The topological polar surface area (TPSA) is 93.1 Å². The van der Waals surface area contributed by atoms with Gasteiger partial charge in [0.1, 0.15) is 12.2 Å². The summed E-state index contributed by atoms with van der Waals surface area (Å²) in [5.74, 6) is 2.72. The predicted molar refractivity (Wildman–Crippen MR) is 163 cm³/mol. The van der Waals surface area contributed by atoms with Crippen LogP contribution in [0.2, 0.25) is 0 Å². The molecule has 1 heterocycles. The molecule has 2 N–H and O–H groups in total. The van der Waals surface area contributed by atoms with Crippen molar-refractivity contribution in [3.8, 4) is 0 Å². The largest absolute Gasteiger partial charge is 0.462 e. The lowest BCUT2D eigenvalue weighted by molar-refractivity contribution is -0.166. The number of ether oxygens (including phenoxy) is 2. The molecule has 1 aliphatic heterocycles. The maximum Gasteiger partial charge on any atom is 0.311 e. The quantitative estimate of drug-likeness (QED) is 0.317. The highest BCUT2D eigenvalue weighted by Gasteiger charge is 2.43. The van der Waals surface area contributed by atoms with E-state index in [0.717, 1.165) is 38.0 Å². The van der Waals surface area contributed by atoms with Gasteiger partial charge in [0.25, 0.3) is 0 Å². The van der Waals surface area contributed by atoms with Crippen molar-refractivity contribution >= 4 is 11.9 Å². The third-order valence-electron chi connectivity index (χ3n) is 10.3. The van der Waals surface area contributed by atoms with Crippen molar-refractivity contribution in [2.75, 3.05) is 0 Å². The molecular weight excluding hydrogens is 516 g/mol. The van der Waals surface area contributed by atoms with Crippen LogP contribution in [0.4, 0.5) is 0 Å². The molecule has 2 fully saturated rings. The lowest BCUT2D eigenvalue weighted by atomic mass is 9.65. The van der Waals surface area contributed by atoms with E-state index in [9.17, 15) is 19.8 Å². The Morgan fingerprint density at radius 3 is 2.41 bits per heavy atom. The number of fused-ring (bicyclic) bond motifs is 1. The van der Waals surface area contributed by atoms with E-state index in [1.165, 1.54) is 18.4 Å². The third-order valence-corrected chi connectivity index (χ3v) is 10.3. The van der Waals surface area contributed by atoms with Gasteiger partial charge in [0, 0.05) is 12.3 Å². The average molecular weight is 575 g/mol. The monoisotopic (exact) mass is 574 g/mol. The Balaban J connectivity index is 0.000000352. The molecular formula is C35H58O6. The van der Waals surface area contributed by atoms with E-state index in [1.807, 2.05) is 20.8 Å². The van der Waals surface area contributed by atoms with E-state index in [4.69, 9.17) is 9.47 Å². The van der Waals surface area contributed by atoms with Gasteiger partial charge in [0.05, 0.1) is 24.0 Å².